The van der Waals surface area contributed by atoms with Gasteiger partial charge in [0.15, 0.2) is 11.5 Å². The van der Waals surface area contributed by atoms with Crippen molar-refractivity contribution in [2.75, 3.05) is 18.6 Å². The minimum Gasteiger partial charge on any atom is -0.493 e. The molecule has 0 N–H and O–H groups in total. The molecule has 0 spiro atoms. The predicted octanol–water partition coefficient (Wildman–Crippen LogP) is 6.12. The number of ether oxygens (including phenoxy) is 2. The molecule has 152 valence electrons. The molecule has 1 aliphatic heterocycles. The highest BCUT2D eigenvalue weighted by Gasteiger charge is 2.32. The van der Waals surface area contributed by atoms with Gasteiger partial charge in [0.25, 0.3) is 5.91 Å². The lowest BCUT2D eigenvalue weighted by molar-refractivity contribution is 0.1000. The number of hydrogen-bond acceptors (Lipinski definition) is 6. The lowest BCUT2D eigenvalue weighted by Crippen LogP contribution is -2.23. The average Bonchev–Trinajstić information content (AvgIpc) is 3.35. The van der Waals surface area contributed by atoms with E-state index in [1.165, 1.54) is 22.7 Å². The standard InChI is InChI=1S/C21H21ClN2O3S2/c1-21(2,3)11-27-14-6-5-13(8-15(14)26-4)24-10-12-7-16(28-18(12)20(24)25)19-23-9-17(22)29-19/h5-9H,10-11H2,1-4H3. The third-order valence-corrected chi connectivity index (χ3v) is 6.83. The third-order valence-electron chi connectivity index (χ3n) is 4.38. The molecule has 0 radical (unpaired) electrons. The molecular weight excluding hydrogens is 428 g/mol. The molecule has 0 bridgehead atoms. The number of amides is 1. The fourth-order valence-corrected chi connectivity index (χ4v) is 5.10. The molecule has 1 amide bonds. The normalized spacial score (nSPS) is 13.7. The van der Waals surface area contributed by atoms with Gasteiger partial charge in [-0.3, -0.25) is 4.79 Å². The quantitative estimate of drug-likeness (QED) is 0.471. The maximum absolute atomic E-state index is 13.0. The molecule has 0 fully saturated rings. The Morgan fingerprint density at radius 1 is 1.21 bits per heavy atom. The summed E-state index contributed by atoms with van der Waals surface area (Å²) in [6.07, 6.45) is 1.63. The first-order chi connectivity index (χ1) is 13.7. The molecule has 5 nitrogen and oxygen atoms in total. The Labute approximate surface area is 182 Å². The van der Waals surface area contributed by atoms with E-state index in [0.29, 0.717) is 29.0 Å². The molecule has 8 heteroatoms. The summed E-state index contributed by atoms with van der Waals surface area (Å²) >= 11 is 8.87. The highest BCUT2D eigenvalue weighted by atomic mass is 35.5. The zero-order chi connectivity index (χ0) is 20.8. The summed E-state index contributed by atoms with van der Waals surface area (Å²) in [5.74, 6) is 1.28. The Morgan fingerprint density at radius 2 is 2.00 bits per heavy atom. The van der Waals surface area contributed by atoms with Crippen LogP contribution in [-0.2, 0) is 6.54 Å². The Kier molecular flexibility index (Phi) is 5.31. The summed E-state index contributed by atoms with van der Waals surface area (Å²) in [4.78, 5) is 20.8. The molecule has 0 aliphatic carbocycles. The molecule has 3 aromatic rings. The van der Waals surface area contributed by atoms with Gasteiger partial charge in [-0.2, -0.15) is 0 Å². The first-order valence-corrected chi connectivity index (χ1v) is 11.1. The molecule has 0 atom stereocenters. The van der Waals surface area contributed by atoms with Crippen LogP contribution in [0.25, 0.3) is 9.88 Å². The van der Waals surface area contributed by atoms with Gasteiger partial charge in [0.1, 0.15) is 9.34 Å². The molecule has 0 saturated heterocycles. The van der Waals surface area contributed by atoms with Gasteiger partial charge in [-0.1, -0.05) is 32.4 Å². The number of carbonyl (C=O) groups is 1. The molecule has 4 rings (SSSR count). The fourth-order valence-electron chi connectivity index (χ4n) is 3.01. The van der Waals surface area contributed by atoms with E-state index in [-0.39, 0.29) is 11.3 Å². The summed E-state index contributed by atoms with van der Waals surface area (Å²) in [6, 6.07) is 7.65. The highest BCUT2D eigenvalue weighted by molar-refractivity contribution is 7.24. The van der Waals surface area contributed by atoms with E-state index >= 15 is 0 Å². The van der Waals surface area contributed by atoms with Crippen LogP contribution in [0.2, 0.25) is 4.34 Å². The number of thiazole rings is 1. The maximum atomic E-state index is 13.0. The molecule has 0 unspecified atom stereocenters. The van der Waals surface area contributed by atoms with Gasteiger partial charge in [-0.25, -0.2) is 4.98 Å². The van der Waals surface area contributed by atoms with E-state index in [1.807, 2.05) is 24.3 Å². The van der Waals surface area contributed by atoms with E-state index in [9.17, 15) is 4.79 Å². The lowest BCUT2D eigenvalue weighted by atomic mass is 9.99. The van der Waals surface area contributed by atoms with Gasteiger partial charge in [0.05, 0.1) is 36.2 Å². The lowest BCUT2D eigenvalue weighted by Gasteiger charge is -2.22. The number of thiophene rings is 1. The van der Waals surface area contributed by atoms with Crippen molar-refractivity contribution in [3.63, 3.8) is 0 Å². The van der Waals surface area contributed by atoms with E-state index in [0.717, 1.165) is 26.0 Å². The van der Waals surface area contributed by atoms with Gasteiger partial charge >= 0.3 is 0 Å². The number of anilines is 1. The van der Waals surface area contributed by atoms with Crippen LogP contribution in [0.4, 0.5) is 5.69 Å². The monoisotopic (exact) mass is 448 g/mol. The van der Waals surface area contributed by atoms with Crippen LogP contribution in [-0.4, -0.2) is 24.6 Å². The molecular formula is C21H21ClN2O3S2. The SMILES string of the molecule is COc1cc(N2Cc3cc(-c4ncc(Cl)s4)sc3C2=O)ccc1OCC(C)(C)C. The van der Waals surface area contributed by atoms with Crippen molar-refractivity contribution in [2.45, 2.75) is 27.3 Å². The Bertz CT molecular complexity index is 1070. The van der Waals surface area contributed by atoms with E-state index in [2.05, 4.69) is 25.8 Å². The molecule has 1 aliphatic rings. The zero-order valence-corrected chi connectivity index (χ0v) is 19.0. The van der Waals surface area contributed by atoms with Crippen molar-refractivity contribution in [3.05, 3.63) is 45.2 Å². The first-order valence-electron chi connectivity index (χ1n) is 9.12. The Morgan fingerprint density at radius 3 is 2.62 bits per heavy atom. The van der Waals surface area contributed by atoms with Crippen molar-refractivity contribution in [2.24, 2.45) is 5.41 Å². The molecule has 2 aromatic heterocycles. The summed E-state index contributed by atoms with van der Waals surface area (Å²) < 4.78 is 12.1. The number of rotatable bonds is 5. The molecule has 29 heavy (non-hydrogen) atoms. The van der Waals surface area contributed by atoms with Crippen molar-refractivity contribution < 1.29 is 14.3 Å². The number of nitrogens with zero attached hydrogens (tertiary/aromatic N) is 2. The van der Waals surface area contributed by atoms with Gasteiger partial charge in [-0.15, -0.1) is 22.7 Å². The van der Waals surface area contributed by atoms with Gasteiger partial charge in [-0.05, 0) is 29.2 Å². The number of benzene rings is 1. The second kappa shape index (κ2) is 7.63. The number of halogens is 1. The smallest absolute Gasteiger partial charge is 0.269 e. The van der Waals surface area contributed by atoms with Crippen LogP contribution in [0, 0.1) is 5.41 Å². The van der Waals surface area contributed by atoms with E-state index in [1.54, 1.807) is 18.2 Å². The van der Waals surface area contributed by atoms with Gasteiger partial charge < -0.3 is 14.4 Å². The molecule has 3 heterocycles. The van der Waals surface area contributed by atoms with E-state index < -0.39 is 0 Å². The van der Waals surface area contributed by atoms with Gasteiger partial charge in [0, 0.05) is 11.8 Å². The van der Waals surface area contributed by atoms with Crippen molar-refractivity contribution in [1.82, 2.24) is 4.98 Å². The number of fused-ring (bicyclic) bond motifs is 1. The topological polar surface area (TPSA) is 51.7 Å². The van der Waals surface area contributed by atoms with Crippen LogP contribution in [0.3, 0.4) is 0 Å². The number of hydrogen-bond donors (Lipinski definition) is 0. The zero-order valence-electron chi connectivity index (χ0n) is 16.6. The summed E-state index contributed by atoms with van der Waals surface area (Å²) in [5.41, 5.74) is 1.84. The third kappa shape index (κ3) is 4.13. The van der Waals surface area contributed by atoms with Crippen molar-refractivity contribution in [3.8, 4) is 21.4 Å². The first kappa shape index (κ1) is 20.2. The second-order valence-corrected chi connectivity index (χ2v) is 10.7. The molecule has 1 aromatic carbocycles. The van der Waals surface area contributed by atoms with Crippen LogP contribution >= 0.6 is 34.3 Å². The Hall–Kier alpha value is -2.09. The maximum Gasteiger partial charge on any atom is 0.269 e. The Balaban J connectivity index is 1.55. The van der Waals surface area contributed by atoms with Crippen LogP contribution < -0.4 is 14.4 Å². The number of aromatic nitrogens is 1. The average molecular weight is 449 g/mol. The van der Waals surface area contributed by atoms with Crippen molar-refractivity contribution >= 4 is 45.9 Å². The predicted molar refractivity (Wildman–Crippen MR) is 119 cm³/mol. The largest absolute Gasteiger partial charge is 0.493 e. The fraction of sp³-hybridized carbons (Fsp3) is 0.333. The number of carbonyl (C=O) groups excluding carboxylic acids is 1. The van der Waals surface area contributed by atoms with Gasteiger partial charge in [0.2, 0.25) is 0 Å². The second-order valence-electron chi connectivity index (χ2n) is 8.01. The summed E-state index contributed by atoms with van der Waals surface area (Å²) in [6.45, 7) is 7.44. The number of methoxy groups -OCH3 is 1. The minimum atomic E-state index is -0.00989. The highest BCUT2D eigenvalue weighted by Crippen LogP contribution is 2.41. The van der Waals surface area contributed by atoms with Crippen LogP contribution in [0.15, 0.2) is 30.5 Å². The van der Waals surface area contributed by atoms with E-state index in [4.69, 9.17) is 21.1 Å². The summed E-state index contributed by atoms with van der Waals surface area (Å²) in [7, 11) is 1.61. The minimum absolute atomic E-state index is 0.00989. The van der Waals surface area contributed by atoms with Crippen molar-refractivity contribution in [1.29, 1.82) is 0 Å². The molecule has 0 saturated carbocycles. The summed E-state index contributed by atoms with van der Waals surface area (Å²) in [5, 5.41) is 0.843. The van der Waals surface area contributed by atoms with Crippen LogP contribution in [0.5, 0.6) is 11.5 Å². The van der Waals surface area contributed by atoms with Crippen LogP contribution in [0.1, 0.15) is 36.0 Å².